The molecular formula is H6Se2Si2. The maximum absolute atomic E-state index is 1.51. The third kappa shape index (κ3) is 3.47. The van der Waals surface area contributed by atoms with Gasteiger partial charge in [-0.1, -0.05) is 0 Å². The standard InChI is InChI=1S/H6Se2Si2/c3-1-2-4/h3-4H3. The molecule has 0 amide bonds. The zero-order valence-corrected chi connectivity index (χ0v) is 10.2. The molecule has 0 N–H and O–H groups in total. The van der Waals surface area contributed by atoms with E-state index < -0.39 is 0 Å². The molecule has 0 rings (SSSR count). The fourth-order valence-corrected chi connectivity index (χ4v) is 0. The topological polar surface area (TPSA) is 0 Å². The summed E-state index contributed by atoms with van der Waals surface area (Å²) in [6.07, 6.45) is 0. The van der Waals surface area contributed by atoms with Gasteiger partial charge >= 0.3 is 42.7 Å². The van der Waals surface area contributed by atoms with Crippen molar-refractivity contribution in [3.63, 3.8) is 0 Å². The summed E-state index contributed by atoms with van der Waals surface area (Å²) in [6, 6.07) is 0. The van der Waals surface area contributed by atoms with Crippen molar-refractivity contribution in [2.75, 3.05) is 0 Å². The average molecular weight is 220 g/mol. The molecule has 0 aromatic heterocycles. The molecule has 0 fully saturated rings. The molecule has 0 radical (unpaired) electrons. The van der Waals surface area contributed by atoms with E-state index in [0.29, 0.717) is 0 Å². The van der Waals surface area contributed by atoms with E-state index in [4.69, 9.17) is 0 Å². The van der Waals surface area contributed by atoms with Crippen LogP contribution in [-0.2, 0) is 0 Å². The summed E-state index contributed by atoms with van der Waals surface area (Å²) in [5, 5.41) is 0. The Morgan fingerprint density at radius 2 is 1.25 bits per heavy atom. The van der Waals surface area contributed by atoms with Crippen LogP contribution in [0, 0.1) is 0 Å². The first-order valence-corrected chi connectivity index (χ1v) is 17.2. The second-order valence-electron chi connectivity index (χ2n) is 0.333. The summed E-state index contributed by atoms with van der Waals surface area (Å²) in [4.78, 5) is 0. The third-order valence-corrected chi connectivity index (χ3v) is 40.5. The second kappa shape index (κ2) is 4.47. The predicted molar refractivity (Wildman–Crippen MR) is 31.4 cm³/mol. The fourth-order valence-electron chi connectivity index (χ4n) is 0. The van der Waals surface area contributed by atoms with Gasteiger partial charge in [0.15, 0.2) is 0 Å². The molecule has 0 saturated heterocycles. The number of rotatable bonds is 1. The van der Waals surface area contributed by atoms with Gasteiger partial charge in [-0.25, -0.2) is 0 Å². The van der Waals surface area contributed by atoms with Crippen molar-refractivity contribution in [2.45, 2.75) is 0 Å². The SMILES string of the molecule is [SiH3][Se][Se][SiH3]. The molecule has 0 bridgehead atoms. The molecule has 0 aliphatic heterocycles. The van der Waals surface area contributed by atoms with E-state index in [0.717, 1.165) is 0 Å². The maximum atomic E-state index is 1.51. The molecule has 4 heteroatoms. The van der Waals surface area contributed by atoms with Crippen LogP contribution in [0.1, 0.15) is 0 Å². The molecule has 0 aromatic carbocycles. The molecule has 0 saturated carbocycles. The summed E-state index contributed by atoms with van der Waals surface area (Å²) in [5.41, 5.74) is 0. The van der Waals surface area contributed by atoms with Crippen LogP contribution in [0.2, 0.25) is 0 Å². The minimum absolute atomic E-state index is 1.18. The Labute approximate surface area is 42.7 Å². The Morgan fingerprint density at radius 1 is 1.00 bits per heavy atom. The van der Waals surface area contributed by atoms with Crippen LogP contribution in [-0.4, -0.2) is 42.7 Å². The van der Waals surface area contributed by atoms with Crippen LogP contribution in [0.5, 0.6) is 0 Å². The van der Waals surface area contributed by atoms with Crippen molar-refractivity contribution < 1.29 is 0 Å². The average Bonchev–Trinajstić information content (AvgIpc) is 1.37. The summed E-state index contributed by atoms with van der Waals surface area (Å²) in [6.45, 7) is 0. The third-order valence-electron chi connectivity index (χ3n) is 0.167. The Bertz CT molecular complexity index is 6.00. The summed E-state index contributed by atoms with van der Waals surface area (Å²) in [5.74, 6) is 0. The van der Waals surface area contributed by atoms with E-state index in [1.165, 1.54) is 42.7 Å². The van der Waals surface area contributed by atoms with Gasteiger partial charge in [-0.3, -0.25) is 0 Å². The first kappa shape index (κ1) is 5.47. The van der Waals surface area contributed by atoms with E-state index in [9.17, 15) is 0 Å². The van der Waals surface area contributed by atoms with Crippen LogP contribution in [0.15, 0.2) is 0 Å². The van der Waals surface area contributed by atoms with Crippen molar-refractivity contribution in [3.05, 3.63) is 0 Å². The fraction of sp³-hybridized carbons (Fsp3) is 0. The Morgan fingerprint density at radius 3 is 1.25 bits per heavy atom. The molecule has 0 nitrogen and oxygen atoms in total. The van der Waals surface area contributed by atoms with Gasteiger partial charge in [0.2, 0.25) is 0 Å². The molecular weight excluding hydrogens is 214 g/mol. The zero-order chi connectivity index (χ0) is 3.41. The summed E-state index contributed by atoms with van der Waals surface area (Å²) in [7, 11) is 3.03. The van der Waals surface area contributed by atoms with E-state index in [-0.39, 0.29) is 0 Å². The van der Waals surface area contributed by atoms with Crippen molar-refractivity contribution in [3.8, 4) is 0 Å². The monoisotopic (exact) mass is 222 g/mol. The zero-order valence-electron chi connectivity index (χ0n) is 2.82. The molecule has 0 aliphatic carbocycles. The summed E-state index contributed by atoms with van der Waals surface area (Å²) >= 11 is 2.36. The molecule has 0 spiro atoms. The van der Waals surface area contributed by atoms with Crippen molar-refractivity contribution >= 4 is 42.7 Å². The summed E-state index contributed by atoms with van der Waals surface area (Å²) < 4.78 is 0. The second-order valence-corrected chi connectivity index (χ2v) is 27.0. The Hall–Kier alpha value is 1.47. The van der Waals surface area contributed by atoms with Crippen LogP contribution < -0.4 is 0 Å². The van der Waals surface area contributed by atoms with Gasteiger partial charge in [-0.2, -0.15) is 0 Å². The molecule has 0 atom stereocenters. The van der Waals surface area contributed by atoms with E-state index in [2.05, 4.69) is 0 Å². The van der Waals surface area contributed by atoms with Crippen LogP contribution >= 0.6 is 0 Å². The van der Waals surface area contributed by atoms with Crippen LogP contribution in [0.25, 0.3) is 0 Å². The molecule has 26 valence electrons. The van der Waals surface area contributed by atoms with E-state index >= 15 is 0 Å². The molecule has 0 heterocycles. The van der Waals surface area contributed by atoms with Gasteiger partial charge < -0.3 is 0 Å². The van der Waals surface area contributed by atoms with Gasteiger partial charge in [-0.15, -0.1) is 0 Å². The number of hydrogen-bond acceptors (Lipinski definition) is 0. The molecule has 0 unspecified atom stereocenters. The van der Waals surface area contributed by atoms with Crippen molar-refractivity contribution in [2.24, 2.45) is 0 Å². The molecule has 4 heavy (non-hydrogen) atoms. The van der Waals surface area contributed by atoms with Gasteiger partial charge in [0.1, 0.15) is 0 Å². The quantitative estimate of drug-likeness (QED) is 0.410. The van der Waals surface area contributed by atoms with E-state index in [1.54, 1.807) is 0 Å². The van der Waals surface area contributed by atoms with Gasteiger partial charge in [-0.05, 0) is 0 Å². The number of hydrogen-bond donors (Lipinski definition) is 0. The molecule has 0 aliphatic rings. The Balaban J connectivity index is 1.97. The van der Waals surface area contributed by atoms with Crippen molar-refractivity contribution in [1.82, 2.24) is 0 Å². The first-order valence-electron chi connectivity index (χ1n) is 0.983. The van der Waals surface area contributed by atoms with E-state index in [1.807, 2.05) is 0 Å². The first-order chi connectivity index (χ1) is 1.91. The van der Waals surface area contributed by atoms with Gasteiger partial charge in [0.25, 0.3) is 0 Å². The minimum atomic E-state index is 1.18. The predicted octanol–water partition coefficient (Wildman–Crippen LogP) is -3.13. The normalized spacial score (nSPS) is 9.00. The van der Waals surface area contributed by atoms with Gasteiger partial charge in [0.05, 0.1) is 0 Å². The van der Waals surface area contributed by atoms with Crippen LogP contribution in [0.3, 0.4) is 0 Å². The van der Waals surface area contributed by atoms with Crippen LogP contribution in [0.4, 0.5) is 0 Å². The van der Waals surface area contributed by atoms with Gasteiger partial charge in [0, 0.05) is 0 Å². The molecule has 0 aromatic rings. The van der Waals surface area contributed by atoms with Crippen molar-refractivity contribution in [1.29, 1.82) is 0 Å². The Kier molecular flexibility index (Phi) is 6.12.